The highest BCUT2D eigenvalue weighted by Gasteiger charge is 2.18. The average Bonchev–Trinajstić information content (AvgIpc) is 2.17. The lowest BCUT2D eigenvalue weighted by Gasteiger charge is -2.33. The van der Waals surface area contributed by atoms with Gasteiger partial charge in [-0.25, -0.2) is 0 Å². The van der Waals surface area contributed by atoms with Crippen molar-refractivity contribution in [1.82, 2.24) is 0 Å². The summed E-state index contributed by atoms with van der Waals surface area (Å²) in [6.45, 7) is 5.47. The molecule has 18 heavy (non-hydrogen) atoms. The zero-order chi connectivity index (χ0) is 12.1. The fourth-order valence-electron chi connectivity index (χ4n) is 2.74. The fraction of sp³-hybridized carbons (Fsp3) is 1.00. The number of quaternary nitrogens is 2. The first-order valence-electron chi connectivity index (χ1n) is 7.05. The predicted octanol–water partition coefficient (Wildman–Crippen LogP) is 2.14. The normalized spacial score (nSPS) is 24.7. The van der Waals surface area contributed by atoms with E-state index in [-0.39, 0.29) is 11.0 Å². The maximum Gasteiger partial charge on any atom is 0.0784 e. The molecule has 0 unspecified atom stereocenters. The second-order valence-corrected chi connectivity index (χ2v) is 6.89. The molecule has 4 heteroatoms. The molecule has 0 aliphatic carbocycles. The van der Waals surface area contributed by atoms with Crippen molar-refractivity contribution in [2.75, 3.05) is 54.4 Å². The molecule has 0 spiro atoms. The van der Waals surface area contributed by atoms with Gasteiger partial charge < -0.3 is 19.9 Å². The lowest BCUT2D eigenvalue weighted by molar-refractivity contribution is -0.897. The van der Waals surface area contributed by atoms with Gasteiger partial charge >= 0.3 is 0 Å². The molecule has 1 aliphatic rings. The second-order valence-electron chi connectivity index (χ2n) is 6.89. The highest BCUT2D eigenvalue weighted by atomic mass is 16.0. The molecule has 0 aromatic rings. The van der Waals surface area contributed by atoms with Crippen LogP contribution in [0.25, 0.3) is 0 Å². The molecule has 2 N–H and O–H groups in total. The molecular formula is C14H34N2O2. The van der Waals surface area contributed by atoms with Crippen molar-refractivity contribution in [1.29, 1.82) is 0 Å². The van der Waals surface area contributed by atoms with E-state index in [4.69, 9.17) is 0 Å². The van der Waals surface area contributed by atoms with E-state index in [1.165, 1.54) is 73.7 Å². The molecule has 0 radical (unpaired) electrons. The molecule has 1 rings (SSSR count). The summed E-state index contributed by atoms with van der Waals surface area (Å²) in [6, 6.07) is 0. The van der Waals surface area contributed by atoms with E-state index in [1.807, 2.05) is 0 Å². The van der Waals surface area contributed by atoms with Gasteiger partial charge in [0.2, 0.25) is 0 Å². The van der Waals surface area contributed by atoms with Gasteiger partial charge in [-0.3, -0.25) is 0 Å². The van der Waals surface area contributed by atoms with Gasteiger partial charge in [0.05, 0.1) is 54.4 Å². The van der Waals surface area contributed by atoms with E-state index in [0.717, 1.165) is 0 Å². The Morgan fingerprint density at radius 2 is 0.667 bits per heavy atom. The zero-order valence-electron chi connectivity index (χ0n) is 12.9. The van der Waals surface area contributed by atoms with Crippen LogP contribution in [0.1, 0.15) is 38.5 Å². The van der Waals surface area contributed by atoms with Gasteiger partial charge in [0.1, 0.15) is 0 Å². The average molecular weight is 262 g/mol. The standard InChI is InChI=1S/C14H32N2.2H2O/c1-15(2)11-7-5-6-8-12-16(3,4)14-10-9-13-15;;/h5-14H2,1-4H3;2*1H2/q+2;;/p-2. The summed E-state index contributed by atoms with van der Waals surface area (Å²) in [4.78, 5) is 0. The van der Waals surface area contributed by atoms with Crippen LogP contribution in [-0.4, -0.2) is 74.3 Å². The number of hydrogen-bond donors (Lipinski definition) is 0. The lowest BCUT2D eigenvalue weighted by Crippen LogP contribution is -2.44. The monoisotopic (exact) mass is 262 g/mol. The van der Waals surface area contributed by atoms with Crippen LogP contribution < -0.4 is 0 Å². The van der Waals surface area contributed by atoms with Crippen molar-refractivity contribution >= 4 is 0 Å². The molecule has 0 aromatic heterocycles. The molecule has 1 heterocycles. The zero-order valence-corrected chi connectivity index (χ0v) is 12.9. The quantitative estimate of drug-likeness (QED) is 0.628. The number of hydrogen-bond acceptors (Lipinski definition) is 2. The SMILES string of the molecule is C[N+]1(C)CCCCCC[N+](C)(C)CCCC1.[OH-].[OH-]. The molecule has 0 amide bonds. The minimum atomic E-state index is 0. The van der Waals surface area contributed by atoms with Crippen LogP contribution in [0.5, 0.6) is 0 Å². The Kier molecular flexibility index (Phi) is 9.92. The van der Waals surface area contributed by atoms with E-state index < -0.39 is 0 Å². The Morgan fingerprint density at radius 3 is 0.944 bits per heavy atom. The Morgan fingerprint density at radius 1 is 0.444 bits per heavy atom. The smallest absolute Gasteiger partial charge is 0.0784 e. The van der Waals surface area contributed by atoms with Crippen LogP contribution in [0.15, 0.2) is 0 Å². The minimum Gasteiger partial charge on any atom is -0.870 e. The van der Waals surface area contributed by atoms with E-state index in [0.29, 0.717) is 0 Å². The summed E-state index contributed by atoms with van der Waals surface area (Å²) in [5.41, 5.74) is 0. The summed E-state index contributed by atoms with van der Waals surface area (Å²) < 4.78 is 2.46. The van der Waals surface area contributed by atoms with Crippen LogP contribution in [0.4, 0.5) is 0 Å². The van der Waals surface area contributed by atoms with Crippen LogP contribution in [0.2, 0.25) is 0 Å². The Bertz CT molecular complexity index is 184. The highest BCUT2D eigenvalue weighted by molar-refractivity contribution is 4.48. The summed E-state index contributed by atoms with van der Waals surface area (Å²) in [5.74, 6) is 0. The summed E-state index contributed by atoms with van der Waals surface area (Å²) >= 11 is 0. The maximum absolute atomic E-state index is 2.39. The molecule has 0 bridgehead atoms. The second kappa shape index (κ2) is 8.86. The minimum absolute atomic E-state index is 0. The van der Waals surface area contributed by atoms with Crippen molar-refractivity contribution in [3.05, 3.63) is 0 Å². The van der Waals surface area contributed by atoms with Crippen molar-refractivity contribution in [2.45, 2.75) is 38.5 Å². The van der Waals surface area contributed by atoms with Gasteiger partial charge in [0, 0.05) is 12.8 Å². The van der Waals surface area contributed by atoms with Gasteiger partial charge in [-0.15, -0.1) is 0 Å². The van der Waals surface area contributed by atoms with Gasteiger partial charge in [-0.2, -0.15) is 0 Å². The molecule has 4 nitrogen and oxygen atoms in total. The van der Waals surface area contributed by atoms with Gasteiger partial charge in [0.25, 0.3) is 0 Å². The third-order valence-corrected chi connectivity index (χ3v) is 4.05. The van der Waals surface area contributed by atoms with Gasteiger partial charge in [-0.1, -0.05) is 0 Å². The Balaban J connectivity index is 0. The third-order valence-electron chi connectivity index (χ3n) is 4.05. The summed E-state index contributed by atoms with van der Waals surface area (Å²) in [7, 11) is 9.58. The lowest BCUT2D eigenvalue weighted by atomic mass is 10.1. The molecule has 0 aromatic carbocycles. The molecule has 1 fully saturated rings. The van der Waals surface area contributed by atoms with Crippen molar-refractivity contribution in [3.8, 4) is 0 Å². The third kappa shape index (κ3) is 8.86. The van der Waals surface area contributed by atoms with Crippen LogP contribution >= 0.6 is 0 Å². The molecule has 1 saturated heterocycles. The van der Waals surface area contributed by atoms with Gasteiger partial charge in [0.15, 0.2) is 0 Å². The molecule has 112 valence electrons. The molecular weight excluding hydrogens is 228 g/mol. The topological polar surface area (TPSA) is 60.0 Å². The summed E-state index contributed by atoms with van der Waals surface area (Å²) in [6.07, 6.45) is 8.49. The first-order chi connectivity index (χ1) is 7.41. The van der Waals surface area contributed by atoms with E-state index in [1.54, 1.807) is 0 Å². The Labute approximate surface area is 113 Å². The van der Waals surface area contributed by atoms with Crippen molar-refractivity contribution < 1.29 is 19.9 Å². The van der Waals surface area contributed by atoms with Crippen molar-refractivity contribution in [2.24, 2.45) is 0 Å². The van der Waals surface area contributed by atoms with Crippen LogP contribution in [0.3, 0.4) is 0 Å². The largest absolute Gasteiger partial charge is 0.870 e. The highest BCUT2D eigenvalue weighted by Crippen LogP contribution is 2.12. The number of rotatable bonds is 0. The fourth-order valence-corrected chi connectivity index (χ4v) is 2.74. The number of nitrogens with zero attached hydrogens (tertiary/aromatic N) is 2. The molecule has 0 saturated carbocycles. The maximum atomic E-state index is 2.39. The predicted molar refractivity (Wildman–Crippen MR) is 75.3 cm³/mol. The Hall–Kier alpha value is -0.160. The van der Waals surface area contributed by atoms with E-state index in [9.17, 15) is 0 Å². The summed E-state index contributed by atoms with van der Waals surface area (Å²) in [5, 5.41) is 0. The van der Waals surface area contributed by atoms with Crippen LogP contribution in [0, 0.1) is 0 Å². The van der Waals surface area contributed by atoms with Crippen molar-refractivity contribution in [3.63, 3.8) is 0 Å². The first kappa shape index (κ1) is 20.2. The van der Waals surface area contributed by atoms with E-state index >= 15 is 0 Å². The molecule has 1 aliphatic heterocycles. The molecule has 0 atom stereocenters. The van der Waals surface area contributed by atoms with E-state index in [2.05, 4.69) is 28.2 Å². The van der Waals surface area contributed by atoms with Crippen LogP contribution in [-0.2, 0) is 0 Å². The first-order valence-corrected chi connectivity index (χ1v) is 7.05. The van der Waals surface area contributed by atoms with Gasteiger partial charge in [-0.05, 0) is 25.7 Å².